The molecular weight excluding hydrogens is 268 g/mol. The van der Waals surface area contributed by atoms with E-state index >= 15 is 0 Å². The van der Waals surface area contributed by atoms with Gasteiger partial charge in [0, 0.05) is 17.9 Å². The highest BCUT2D eigenvalue weighted by Gasteiger charge is 2.04. The zero-order valence-corrected chi connectivity index (χ0v) is 13.4. The molecular formula is C18H27ClO. The van der Waals surface area contributed by atoms with Crippen molar-refractivity contribution in [3.05, 3.63) is 34.9 Å². The summed E-state index contributed by atoms with van der Waals surface area (Å²) in [7, 11) is 0. The Morgan fingerprint density at radius 2 is 1.65 bits per heavy atom. The van der Waals surface area contributed by atoms with E-state index in [-0.39, 0.29) is 0 Å². The van der Waals surface area contributed by atoms with Crippen LogP contribution in [-0.4, -0.2) is 5.78 Å². The quantitative estimate of drug-likeness (QED) is 0.459. The number of hydrogen-bond acceptors (Lipinski definition) is 1. The first-order valence-electron chi connectivity index (χ1n) is 7.98. The van der Waals surface area contributed by atoms with Crippen LogP contribution in [0.15, 0.2) is 24.3 Å². The summed E-state index contributed by atoms with van der Waals surface area (Å²) in [6.07, 6.45) is 11.4. The molecule has 0 unspecified atom stereocenters. The van der Waals surface area contributed by atoms with Gasteiger partial charge < -0.3 is 0 Å². The van der Waals surface area contributed by atoms with E-state index in [1.807, 2.05) is 24.3 Å². The van der Waals surface area contributed by atoms with Crippen LogP contribution in [0.3, 0.4) is 0 Å². The summed E-state index contributed by atoms with van der Waals surface area (Å²) in [5.41, 5.74) is 1.03. The van der Waals surface area contributed by atoms with Gasteiger partial charge in [-0.25, -0.2) is 0 Å². The molecule has 2 heteroatoms. The van der Waals surface area contributed by atoms with Crippen molar-refractivity contribution in [2.45, 2.75) is 71.1 Å². The first kappa shape index (κ1) is 17.2. The number of ketones is 1. The van der Waals surface area contributed by atoms with Crippen LogP contribution in [0.2, 0.25) is 5.02 Å². The first-order chi connectivity index (χ1) is 9.72. The minimum absolute atomic E-state index is 0.332. The van der Waals surface area contributed by atoms with Gasteiger partial charge in [0.15, 0.2) is 0 Å². The van der Waals surface area contributed by atoms with Crippen molar-refractivity contribution in [1.82, 2.24) is 0 Å². The molecule has 0 amide bonds. The second-order valence-electron chi connectivity index (χ2n) is 5.57. The van der Waals surface area contributed by atoms with Gasteiger partial charge in [0.2, 0.25) is 0 Å². The lowest BCUT2D eigenvalue weighted by molar-refractivity contribution is -0.118. The third-order valence-electron chi connectivity index (χ3n) is 3.60. The number of carbonyl (C=O) groups is 1. The highest BCUT2D eigenvalue weighted by molar-refractivity contribution is 6.30. The van der Waals surface area contributed by atoms with Gasteiger partial charge in [-0.15, -0.1) is 0 Å². The van der Waals surface area contributed by atoms with Crippen LogP contribution >= 0.6 is 11.6 Å². The topological polar surface area (TPSA) is 17.1 Å². The van der Waals surface area contributed by atoms with Gasteiger partial charge in [0.1, 0.15) is 5.78 Å². The number of benzene rings is 1. The highest BCUT2D eigenvalue weighted by Crippen LogP contribution is 2.13. The van der Waals surface area contributed by atoms with E-state index in [2.05, 4.69) is 6.92 Å². The van der Waals surface area contributed by atoms with E-state index in [4.69, 9.17) is 11.6 Å². The van der Waals surface area contributed by atoms with Gasteiger partial charge >= 0.3 is 0 Å². The molecule has 112 valence electrons. The molecule has 0 aromatic heterocycles. The van der Waals surface area contributed by atoms with Crippen LogP contribution in [0, 0.1) is 0 Å². The number of rotatable bonds is 11. The number of carbonyl (C=O) groups excluding carboxylic acids is 1. The molecule has 0 aliphatic heterocycles. The van der Waals surface area contributed by atoms with Crippen molar-refractivity contribution in [2.24, 2.45) is 0 Å². The molecule has 0 aliphatic rings. The van der Waals surface area contributed by atoms with Gasteiger partial charge in [0.05, 0.1) is 0 Å². The molecule has 0 aliphatic carbocycles. The molecule has 0 fully saturated rings. The normalized spacial score (nSPS) is 10.7. The van der Waals surface area contributed by atoms with E-state index in [0.717, 1.165) is 12.0 Å². The third kappa shape index (κ3) is 8.37. The van der Waals surface area contributed by atoms with Crippen LogP contribution in [0.1, 0.15) is 70.3 Å². The monoisotopic (exact) mass is 294 g/mol. The van der Waals surface area contributed by atoms with Crippen LogP contribution in [0.5, 0.6) is 0 Å². The second kappa shape index (κ2) is 10.9. The first-order valence-corrected chi connectivity index (χ1v) is 8.36. The summed E-state index contributed by atoms with van der Waals surface area (Å²) in [6, 6.07) is 7.60. The van der Waals surface area contributed by atoms with Crippen molar-refractivity contribution in [2.75, 3.05) is 0 Å². The lowest BCUT2D eigenvalue weighted by atomic mass is 10.0. The largest absolute Gasteiger partial charge is 0.299 e. The van der Waals surface area contributed by atoms with Crippen LogP contribution < -0.4 is 0 Å². The predicted molar refractivity (Wildman–Crippen MR) is 87.4 cm³/mol. The number of Topliss-reactive ketones (excluding diaryl/α,β-unsaturated/α-hetero) is 1. The fraction of sp³-hybridized carbons (Fsp3) is 0.611. The van der Waals surface area contributed by atoms with Crippen LogP contribution in [0.25, 0.3) is 0 Å². The van der Waals surface area contributed by atoms with Gasteiger partial charge in [-0.05, 0) is 24.1 Å². The zero-order valence-electron chi connectivity index (χ0n) is 12.7. The molecule has 1 aromatic rings. The predicted octanol–water partition coefficient (Wildman–Crippen LogP) is 5.98. The Hall–Kier alpha value is -0.820. The molecule has 20 heavy (non-hydrogen) atoms. The maximum atomic E-state index is 11.9. The molecule has 1 nitrogen and oxygen atoms in total. The average molecular weight is 295 g/mol. The van der Waals surface area contributed by atoms with E-state index in [1.165, 1.54) is 44.9 Å². The summed E-state index contributed by atoms with van der Waals surface area (Å²) in [5, 5.41) is 0.711. The molecule has 0 N–H and O–H groups in total. The molecule has 0 saturated carbocycles. The minimum Gasteiger partial charge on any atom is -0.299 e. The highest BCUT2D eigenvalue weighted by atomic mass is 35.5. The Labute approximate surface area is 128 Å². The van der Waals surface area contributed by atoms with Crippen LogP contribution in [0.4, 0.5) is 0 Å². The SMILES string of the molecule is CCCCCCCCCCC(=O)Cc1cccc(Cl)c1. The lowest BCUT2D eigenvalue weighted by Gasteiger charge is -2.03. The number of hydrogen-bond donors (Lipinski definition) is 0. The molecule has 0 heterocycles. The minimum atomic E-state index is 0.332. The third-order valence-corrected chi connectivity index (χ3v) is 3.83. The summed E-state index contributed by atoms with van der Waals surface area (Å²) in [6.45, 7) is 2.24. The van der Waals surface area contributed by atoms with Gasteiger partial charge in [-0.1, -0.05) is 75.6 Å². The fourth-order valence-electron chi connectivity index (χ4n) is 2.42. The molecule has 0 spiro atoms. The molecule has 0 atom stereocenters. The van der Waals surface area contributed by atoms with Crippen molar-refractivity contribution in [1.29, 1.82) is 0 Å². The van der Waals surface area contributed by atoms with Crippen molar-refractivity contribution >= 4 is 17.4 Å². The lowest BCUT2D eigenvalue weighted by Crippen LogP contribution is -2.02. The maximum absolute atomic E-state index is 11.9. The Morgan fingerprint density at radius 3 is 2.30 bits per heavy atom. The molecule has 1 aromatic carbocycles. The Kier molecular flexibility index (Phi) is 9.40. The maximum Gasteiger partial charge on any atom is 0.137 e. The van der Waals surface area contributed by atoms with Crippen molar-refractivity contribution in [3.8, 4) is 0 Å². The van der Waals surface area contributed by atoms with Gasteiger partial charge in [0.25, 0.3) is 0 Å². The summed E-state index contributed by atoms with van der Waals surface area (Å²) in [5.74, 6) is 0.332. The van der Waals surface area contributed by atoms with Crippen LogP contribution in [-0.2, 0) is 11.2 Å². The van der Waals surface area contributed by atoms with E-state index in [1.54, 1.807) is 0 Å². The standard InChI is InChI=1S/C18H27ClO/c1-2-3-4-5-6-7-8-9-13-18(20)15-16-11-10-12-17(19)14-16/h10-12,14H,2-9,13,15H2,1H3. The fourth-order valence-corrected chi connectivity index (χ4v) is 2.63. The zero-order chi connectivity index (χ0) is 14.6. The van der Waals surface area contributed by atoms with Crippen molar-refractivity contribution < 1.29 is 4.79 Å². The average Bonchev–Trinajstić information content (AvgIpc) is 2.42. The van der Waals surface area contributed by atoms with E-state index < -0.39 is 0 Å². The molecule has 0 bridgehead atoms. The van der Waals surface area contributed by atoms with E-state index in [9.17, 15) is 4.79 Å². The molecule has 1 rings (SSSR count). The summed E-state index contributed by atoms with van der Waals surface area (Å²) < 4.78 is 0. The number of halogens is 1. The van der Waals surface area contributed by atoms with Gasteiger partial charge in [-0.3, -0.25) is 4.79 Å². The summed E-state index contributed by atoms with van der Waals surface area (Å²) >= 11 is 5.91. The smallest absolute Gasteiger partial charge is 0.137 e. The van der Waals surface area contributed by atoms with Crippen molar-refractivity contribution in [3.63, 3.8) is 0 Å². The van der Waals surface area contributed by atoms with E-state index in [0.29, 0.717) is 23.6 Å². The van der Waals surface area contributed by atoms with Gasteiger partial charge in [-0.2, -0.15) is 0 Å². The Bertz CT molecular complexity index is 387. The number of unbranched alkanes of at least 4 members (excludes halogenated alkanes) is 7. The second-order valence-corrected chi connectivity index (χ2v) is 6.01. The Balaban J connectivity index is 2.03. The summed E-state index contributed by atoms with van der Waals surface area (Å²) in [4.78, 5) is 11.9. The molecule has 0 saturated heterocycles. The molecule has 0 radical (unpaired) electrons. The Morgan fingerprint density at radius 1 is 1.00 bits per heavy atom.